The van der Waals surface area contributed by atoms with Crippen molar-refractivity contribution in [2.24, 2.45) is 0 Å². The standard InChI is InChI=1S/C13H19N3O2S2/c1-19-9-8-11(16-20-2)13(18)15-14-12(17)10-6-4-3-5-7-10/h3-7,11,16H,8-9H2,1-2H3,(H,14,17)(H,15,18). The van der Waals surface area contributed by atoms with E-state index in [9.17, 15) is 9.59 Å². The Morgan fingerprint density at radius 1 is 1.15 bits per heavy atom. The second-order valence-electron chi connectivity index (χ2n) is 3.97. The molecule has 0 saturated heterocycles. The van der Waals surface area contributed by atoms with Crippen LogP contribution < -0.4 is 15.6 Å². The fourth-order valence-corrected chi connectivity index (χ4v) is 2.47. The molecule has 110 valence electrons. The highest BCUT2D eigenvalue weighted by Crippen LogP contribution is 2.03. The van der Waals surface area contributed by atoms with Crippen LogP contribution in [0.25, 0.3) is 0 Å². The van der Waals surface area contributed by atoms with Gasteiger partial charge in [-0.05, 0) is 36.8 Å². The van der Waals surface area contributed by atoms with E-state index in [1.165, 1.54) is 11.9 Å². The van der Waals surface area contributed by atoms with Crippen molar-refractivity contribution in [2.75, 3.05) is 18.3 Å². The summed E-state index contributed by atoms with van der Waals surface area (Å²) in [6, 6.07) is 8.42. The number of nitrogens with one attached hydrogen (secondary N) is 3. The first-order valence-corrected chi connectivity index (χ1v) is 8.73. The van der Waals surface area contributed by atoms with E-state index in [1.54, 1.807) is 36.0 Å². The second-order valence-corrected chi connectivity index (χ2v) is 5.59. The van der Waals surface area contributed by atoms with Crippen molar-refractivity contribution in [1.29, 1.82) is 0 Å². The van der Waals surface area contributed by atoms with Crippen LogP contribution in [-0.2, 0) is 4.79 Å². The highest BCUT2D eigenvalue weighted by molar-refractivity contribution is 7.98. The molecule has 1 unspecified atom stereocenters. The Hall–Kier alpha value is -1.18. The predicted octanol–water partition coefficient (Wildman–Crippen LogP) is 1.44. The zero-order chi connectivity index (χ0) is 14.8. The van der Waals surface area contributed by atoms with Gasteiger partial charge in [0.05, 0.1) is 6.04 Å². The molecule has 0 radical (unpaired) electrons. The minimum absolute atomic E-state index is 0.238. The highest BCUT2D eigenvalue weighted by atomic mass is 32.2. The summed E-state index contributed by atoms with van der Waals surface area (Å²) >= 11 is 3.06. The molecular formula is C13H19N3O2S2. The van der Waals surface area contributed by atoms with Gasteiger partial charge in [0.2, 0.25) is 0 Å². The van der Waals surface area contributed by atoms with Crippen molar-refractivity contribution in [3.63, 3.8) is 0 Å². The van der Waals surface area contributed by atoms with Gasteiger partial charge in [-0.15, -0.1) is 0 Å². The van der Waals surface area contributed by atoms with Crippen molar-refractivity contribution in [3.8, 4) is 0 Å². The van der Waals surface area contributed by atoms with E-state index in [-0.39, 0.29) is 17.9 Å². The van der Waals surface area contributed by atoms with Crippen LogP contribution in [-0.4, -0.2) is 36.1 Å². The van der Waals surface area contributed by atoms with Gasteiger partial charge in [-0.3, -0.25) is 25.2 Å². The van der Waals surface area contributed by atoms with Gasteiger partial charge >= 0.3 is 0 Å². The lowest BCUT2D eigenvalue weighted by Gasteiger charge is -2.16. The summed E-state index contributed by atoms with van der Waals surface area (Å²) in [6.07, 6.45) is 4.56. The topological polar surface area (TPSA) is 70.2 Å². The molecule has 1 aromatic carbocycles. The normalized spacial score (nSPS) is 11.7. The van der Waals surface area contributed by atoms with Gasteiger partial charge in [-0.2, -0.15) is 11.8 Å². The second kappa shape index (κ2) is 9.68. The summed E-state index contributed by atoms with van der Waals surface area (Å²) in [5, 5.41) is 0. The van der Waals surface area contributed by atoms with Crippen LogP contribution in [0.2, 0.25) is 0 Å². The summed E-state index contributed by atoms with van der Waals surface area (Å²) in [5.41, 5.74) is 5.38. The van der Waals surface area contributed by atoms with E-state index < -0.39 is 0 Å². The first-order valence-electron chi connectivity index (χ1n) is 6.11. The average molecular weight is 313 g/mol. The number of rotatable bonds is 7. The number of hydrogen-bond donors (Lipinski definition) is 3. The van der Waals surface area contributed by atoms with Crippen molar-refractivity contribution in [3.05, 3.63) is 35.9 Å². The van der Waals surface area contributed by atoms with Crippen LogP contribution >= 0.6 is 23.7 Å². The summed E-state index contributed by atoms with van der Waals surface area (Å²) in [5.74, 6) is 0.308. The Kier molecular flexibility index (Phi) is 8.17. The molecule has 7 heteroatoms. The average Bonchev–Trinajstić information content (AvgIpc) is 2.49. The lowest BCUT2D eigenvalue weighted by Crippen LogP contribution is -2.49. The molecule has 5 nitrogen and oxygen atoms in total. The molecule has 0 bridgehead atoms. The van der Waals surface area contributed by atoms with Crippen LogP contribution in [0.4, 0.5) is 0 Å². The third-order valence-corrected chi connectivity index (χ3v) is 3.69. The number of benzene rings is 1. The molecule has 1 aromatic rings. The maximum Gasteiger partial charge on any atom is 0.269 e. The third-order valence-electron chi connectivity index (χ3n) is 2.52. The molecule has 1 rings (SSSR count). The smallest absolute Gasteiger partial charge is 0.269 e. The molecule has 0 heterocycles. The van der Waals surface area contributed by atoms with Gasteiger partial charge in [0.15, 0.2) is 0 Å². The number of hydrazine groups is 1. The first-order chi connectivity index (χ1) is 9.69. The lowest BCUT2D eigenvalue weighted by molar-refractivity contribution is -0.123. The molecule has 20 heavy (non-hydrogen) atoms. The minimum atomic E-state index is -0.327. The molecule has 2 amide bonds. The SMILES string of the molecule is CSCCC(NSC)C(=O)NNC(=O)c1ccccc1. The van der Waals surface area contributed by atoms with Gasteiger partial charge in [-0.1, -0.05) is 30.1 Å². The van der Waals surface area contributed by atoms with E-state index >= 15 is 0 Å². The summed E-state index contributed by atoms with van der Waals surface area (Å²) < 4.78 is 3.02. The quantitative estimate of drug-likeness (QED) is 0.525. The molecule has 0 aromatic heterocycles. The molecule has 0 saturated carbocycles. The Morgan fingerprint density at radius 2 is 1.85 bits per heavy atom. The molecule has 3 N–H and O–H groups in total. The van der Waals surface area contributed by atoms with Gasteiger partial charge in [0.25, 0.3) is 11.8 Å². The fourth-order valence-electron chi connectivity index (χ4n) is 1.49. The maximum absolute atomic E-state index is 12.0. The van der Waals surface area contributed by atoms with Crippen LogP contribution in [0.5, 0.6) is 0 Å². The summed E-state index contributed by atoms with van der Waals surface area (Å²) in [4.78, 5) is 23.8. The lowest BCUT2D eigenvalue weighted by atomic mass is 10.2. The number of carbonyl (C=O) groups excluding carboxylic acids is 2. The van der Waals surface area contributed by atoms with Crippen LogP contribution in [0.1, 0.15) is 16.8 Å². The monoisotopic (exact) mass is 313 g/mol. The molecule has 0 aliphatic heterocycles. The molecule has 0 spiro atoms. The predicted molar refractivity (Wildman–Crippen MR) is 85.5 cm³/mol. The van der Waals surface area contributed by atoms with Crippen molar-refractivity contribution >= 4 is 35.5 Å². The van der Waals surface area contributed by atoms with Crippen LogP contribution in [0.15, 0.2) is 30.3 Å². The molecular weight excluding hydrogens is 294 g/mol. The highest BCUT2D eigenvalue weighted by Gasteiger charge is 2.17. The van der Waals surface area contributed by atoms with Crippen LogP contribution in [0.3, 0.4) is 0 Å². The van der Waals surface area contributed by atoms with Crippen molar-refractivity contribution < 1.29 is 9.59 Å². The van der Waals surface area contributed by atoms with Gasteiger partial charge in [-0.25, -0.2) is 0 Å². The zero-order valence-corrected chi connectivity index (χ0v) is 13.1. The van der Waals surface area contributed by atoms with E-state index in [1.807, 2.05) is 18.6 Å². The van der Waals surface area contributed by atoms with E-state index in [0.29, 0.717) is 12.0 Å². The van der Waals surface area contributed by atoms with Gasteiger partial charge < -0.3 is 0 Å². The van der Waals surface area contributed by atoms with Crippen molar-refractivity contribution in [2.45, 2.75) is 12.5 Å². The van der Waals surface area contributed by atoms with E-state index in [4.69, 9.17) is 0 Å². The molecule has 0 fully saturated rings. The Labute approximate surface area is 127 Å². The van der Waals surface area contributed by atoms with Crippen LogP contribution in [0, 0.1) is 0 Å². The maximum atomic E-state index is 12.0. The zero-order valence-electron chi connectivity index (χ0n) is 11.5. The Balaban J connectivity index is 2.46. The number of amides is 2. The fraction of sp³-hybridized carbons (Fsp3) is 0.385. The number of carbonyl (C=O) groups is 2. The summed E-state index contributed by atoms with van der Waals surface area (Å²) in [6.45, 7) is 0. The van der Waals surface area contributed by atoms with E-state index in [2.05, 4.69) is 15.6 Å². The molecule has 1 atom stereocenters. The minimum Gasteiger partial charge on any atom is -0.271 e. The van der Waals surface area contributed by atoms with Crippen molar-refractivity contribution in [1.82, 2.24) is 15.6 Å². The molecule has 0 aliphatic carbocycles. The Bertz CT molecular complexity index is 429. The third kappa shape index (κ3) is 5.85. The van der Waals surface area contributed by atoms with E-state index in [0.717, 1.165) is 5.75 Å². The number of thioether (sulfide) groups is 1. The summed E-state index contributed by atoms with van der Waals surface area (Å²) in [7, 11) is 0. The largest absolute Gasteiger partial charge is 0.271 e. The van der Waals surface area contributed by atoms with Gasteiger partial charge in [0, 0.05) is 5.56 Å². The molecule has 0 aliphatic rings. The first kappa shape index (κ1) is 16.9. The Morgan fingerprint density at radius 3 is 2.45 bits per heavy atom. The van der Waals surface area contributed by atoms with Gasteiger partial charge in [0.1, 0.15) is 0 Å². The number of hydrogen-bond acceptors (Lipinski definition) is 5.